The Morgan fingerprint density at radius 2 is 0.768 bits per heavy atom. The molecule has 0 unspecified atom stereocenters. The molecule has 0 fully saturated rings. The third-order valence-corrected chi connectivity index (χ3v) is 10.5. The lowest BCUT2D eigenvalue weighted by Crippen LogP contribution is -2.00. The van der Waals surface area contributed by atoms with Gasteiger partial charge in [0, 0.05) is 43.8 Å². The molecule has 0 N–H and O–H groups in total. The second kappa shape index (κ2) is 13.0. The highest BCUT2D eigenvalue weighted by molar-refractivity contribution is 6.13. The molecule has 0 spiro atoms. The Balaban J connectivity index is 1.04. The first-order chi connectivity index (χ1) is 27.7. The number of para-hydroxylation sites is 1. The average Bonchev–Trinajstić information content (AvgIpc) is 3.84. The molecule has 5 heteroatoms. The maximum atomic E-state index is 6.66. The molecular formula is C51H31N3O2. The van der Waals surface area contributed by atoms with Gasteiger partial charge in [0.15, 0.2) is 17.5 Å². The van der Waals surface area contributed by atoms with Crippen molar-refractivity contribution in [2.75, 3.05) is 0 Å². The predicted octanol–water partition coefficient (Wildman–Crippen LogP) is 13.7. The maximum Gasteiger partial charge on any atom is 0.164 e. The lowest BCUT2D eigenvalue weighted by Gasteiger charge is -2.10. The molecule has 0 aliphatic heterocycles. The highest BCUT2D eigenvalue weighted by Gasteiger charge is 2.18. The van der Waals surface area contributed by atoms with Crippen molar-refractivity contribution in [2.24, 2.45) is 0 Å². The first-order valence-corrected chi connectivity index (χ1v) is 18.7. The summed E-state index contributed by atoms with van der Waals surface area (Å²) in [5.74, 6) is 1.82. The lowest BCUT2D eigenvalue weighted by molar-refractivity contribution is 0.668. The molecule has 0 atom stereocenters. The van der Waals surface area contributed by atoms with Gasteiger partial charge in [0.05, 0.1) is 0 Å². The molecule has 5 nitrogen and oxygen atoms in total. The van der Waals surface area contributed by atoms with E-state index in [1.54, 1.807) is 0 Å². The van der Waals surface area contributed by atoms with Crippen molar-refractivity contribution in [1.82, 2.24) is 15.0 Å². The summed E-state index contributed by atoms with van der Waals surface area (Å²) in [5.41, 5.74) is 12.6. The topological polar surface area (TPSA) is 65.0 Å². The second-order valence-corrected chi connectivity index (χ2v) is 14.0. The molecule has 0 radical (unpaired) electrons. The summed E-state index contributed by atoms with van der Waals surface area (Å²) < 4.78 is 13.2. The van der Waals surface area contributed by atoms with Crippen LogP contribution < -0.4 is 0 Å². The van der Waals surface area contributed by atoms with E-state index < -0.39 is 0 Å². The van der Waals surface area contributed by atoms with Crippen LogP contribution in [0.5, 0.6) is 0 Å². The fourth-order valence-corrected chi connectivity index (χ4v) is 7.74. The van der Waals surface area contributed by atoms with Gasteiger partial charge in [0.2, 0.25) is 0 Å². The minimum atomic E-state index is 0.584. The normalized spacial score (nSPS) is 11.6. The molecule has 0 saturated carbocycles. The van der Waals surface area contributed by atoms with Crippen molar-refractivity contribution < 1.29 is 8.83 Å². The Morgan fingerprint density at radius 3 is 1.43 bits per heavy atom. The van der Waals surface area contributed by atoms with Gasteiger partial charge in [-0.2, -0.15) is 0 Å². The Hall–Kier alpha value is -7.63. The maximum absolute atomic E-state index is 6.66. The zero-order valence-corrected chi connectivity index (χ0v) is 30.1. The van der Waals surface area contributed by atoms with E-state index in [9.17, 15) is 0 Å². The van der Waals surface area contributed by atoms with Crippen LogP contribution in [0.4, 0.5) is 0 Å². The molecule has 0 saturated heterocycles. The van der Waals surface area contributed by atoms with E-state index in [1.165, 1.54) is 11.1 Å². The van der Waals surface area contributed by atoms with Crippen molar-refractivity contribution in [3.8, 4) is 67.5 Å². The van der Waals surface area contributed by atoms with E-state index in [4.69, 9.17) is 23.8 Å². The van der Waals surface area contributed by atoms with Crippen LogP contribution in [-0.2, 0) is 0 Å². The summed E-state index contributed by atoms with van der Waals surface area (Å²) in [6.07, 6.45) is 0. The number of hydrogen-bond acceptors (Lipinski definition) is 5. The Bertz CT molecular complexity index is 3180. The second-order valence-electron chi connectivity index (χ2n) is 14.0. The molecule has 11 rings (SSSR count). The molecule has 0 amide bonds. The highest BCUT2D eigenvalue weighted by Crippen LogP contribution is 2.42. The molecule has 0 aliphatic carbocycles. The van der Waals surface area contributed by atoms with Crippen molar-refractivity contribution in [3.05, 3.63) is 188 Å². The predicted molar refractivity (Wildman–Crippen MR) is 227 cm³/mol. The van der Waals surface area contributed by atoms with E-state index >= 15 is 0 Å². The number of hydrogen-bond donors (Lipinski definition) is 0. The summed E-state index contributed by atoms with van der Waals surface area (Å²) >= 11 is 0. The zero-order valence-electron chi connectivity index (χ0n) is 30.1. The van der Waals surface area contributed by atoms with Crippen LogP contribution in [0.3, 0.4) is 0 Å². The van der Waals surface area contributed by atoms with Gasteiger partial charge in [-0.15, -0.1) is 0 Å². The molecule has 11 aromatic rings. The summed E-state index contributed by atoms with van der Waals surface area (Å²) in [6, 6.07) is 64.7. The van der Waals surface area contributed by atoms with Crippen molar-refractivity contribution >= 4 is 43.9 Å². The van der Waals surface area contributed by atoms with Gasteiger partial charge in [-0.3, -0.25) is 0 Å². The Kier molecular flexibility index (Phi) is 7.42. The Labute approximate surface area is 322 Å². The monoisotopic (exact) mass is 717 g/mol. The van der Waals surface area contributed by atoms with Crippen LogP contribution in [0.2, 0.25) is 0 Å². The average molecular weight is 718 g/mol. The number of aromatic nitrogens is 3. The van der Waals surface area contributed by atoms with Crippen molar-refractivity contribution in [3.63, 3.8) is 0 Å². The Morgan fingerprint density at radius 1 is 0.268 bits per heavy atom. The summed E-state index contributed by atoms with van der Waals surface area (Å²) in [4.78, 5) is 14.7. The quantitative estimate of drug-likeness (QED) is 0.171. The highest BCUT2D eigenvalue weighted by atomic mass is 16.3. The van der Waals surface area contributed by atoms with Gasteiger partial charge in [0.25, 0.3) is 0 Å². The largest absolute Gasteiger partial charge is 0.456 e. The third-order valence-electron chi connectivity index (χ3n) is 10.5. The SMILES string of the molecule is c1ccc(-c2cccc(-c3cc(-c4ccc5c(c4)oc4cc(-c6nc(-c7ccccc7)nc(-c7ccccc7)n6)ccc45)c4oc5ccccc5c4c3)c2)cc1. The van der Waals surface area contributed by atoms with Crippen LogP contribution in [0.1, 0.15) is 0 Å². The van der Waals surface area contributed by atoms with E-state index in [0.717, 1.165) is 82.8 Å². The van der Waals surface area contributed by atoms with Gasteiger partial charge < -0.3 is 8.83 Å². The molecule has 0 aliphatic rings. The van der Waals surface area contributed by atoms with Gasteiger partial charge in [0.1, 0.15) is 22.3 Å². The standard InChI is InChI=1S/C51H31N3O2/c1-4-13-32(14-5-1)35-19-12-20-36(27-35)39-28-43(48-44(29-39)40-21-10-11-22-45(40)56-48)37-23-25-41-42-26-24-38(31-47(42)55-46(41)30-37)51-53-49(33-15-6-2-7-16-33)52-50(54-51)34-17-8-3-9-18-34/h1-31H. The van der Waals surface area contributed by atoms with Crippen LogP contribution in [-0.4, -0.2) is 15.0 Å². The number of fused-ring (bicyclic) bond motifs is 6. The molecule has 0 bridgehead atoms. The molecular weight excluding hydrogens is 687 g/mol. The van der Waals surface area contributed by atoms with Crippen molar-refractivity contribution in [2.45, 2.75) is 0 Å². The van der Waals surface area contributed by atoms with Gasteiger partial charge in [-0.25, -0.2) is 15.0 Å². The van der Waals surface area contributed by atoms with E-state index in [-0.39, 0.29) is 0 Å². The van der Waals surface area contributed by atoms with E-state index in [1.807, 2.05) is 84.9 Å². The smallest absolute Gasteiger partial charge is 0.164 e. The minimum absolute atomic E-state index is 0.584. The number of furan rings is 2. The number of benzene rings is 8. The molecule has 8 aromatic carbocycles. The fraction of sp³-hybridized carbons (Fsp3) is 0. The van der Waals surface area contributed by atoms with Crippen LogP contribution >= 0.6 is 0 Å². The molecule has 262 valence electrons. The van der Waals surface area contributed by atoms with Gasteiger partial charge in [-0.05, 0) is 76.3 Å². The lowest BCUT2D eigenvalue weighted by atomic mass is 9.93. The summed E-state index contributed by atoms with van der Waals surface area (Å²) in [7, 11) is 0. The van der Waals surface area contributed by atoms with Gasteiger partial charge in [-0.1, -0.05) is 140 Å². The number of rotatable bonds is 6. The van der Waals surface area contributed by atoms with Gasteiger partial charge >= 0.3 is 0 Å². The minimum Gasteiger partial charge on any atom is -0.456 e. The van der Waals surface area contributed by atoms with E-state index in [2.05, 4.69) is 103 Å². The van der Waals surface area contributed by atoms with Crippen LogP contribution in [0.15, 0.2) is 197 Å². The van der Waals surface area contributed by atoms with Crippen molar-refractivity contribution in [1.29, 1.82) is 0 Å². The molecule has 3 aromatic heterocycles. The third kappa shape index (κ3) is 5.53. The molecule has 3 heterocycles. The van der Waals surface area contributed by atoms with E-state index in [0.29, 0.717) is 17.5 Å². The summed E-state index contributed by atoms with van der Waals surface area (Å²) in [6.45, 7) is 0. The summed E-state index contributed by atoms with van der Waals surface area (Å²) in [5, 5.41) is 4.23. The number of nitrogens with zero attached hydrogens (tertiary/aromatic N) is 3. The molecule has 56 heavy (non-hydrogen) atoms. The first-order valence-electron chi connectivity index (χ1n) is 18.7. The van der Waals surface area contributed by atoms with Crippen LogP contribution in [0.25, 0.3) is 111 Å². The first kappa shape index (κ1) is 31.9. The fourth-order valence-electron chi connectivity index (χ4n) is 7.74. The van der Waals surface area contributed by atoms with Crippen LogP contribution in [0, 0.1) is 0 Å². The zero-order chi connectivity index (χ0) is 37.0.